The molecule has 0 saturated carbocycles. The summed E-state index contributed by atoms with van der Waals surface area (Å²) in [4.78, 5) is 0. The molecule has 2 aromatic rings. The number of hydrogen-bond donors (Lipinski definition) is 1. The van der Waals surface area contributed by atoms with Crippen LogP contribution in [0.25, 0.3) is 0 Å². The molecule has 0 saturated heterocycles. The van der Waals surface area contributed by atoms with Gasteiger partial charge in [-0.25, -0.2) is 13.2 Å². The van der Waals surface area contributed by atoms with Crippen LogP contribution < -0.4 is 5.73 Å². The first-order valence-electron chi connectivity index (χ1n) is 4.27. The van der Waals surface area contributed by atoms with E-state index in [2.05, 4.69) is 10.2 Å². The number of hydrogen-bond acceptors (Lipinski definition) is 4. The van der Waals surface area contributed by atoms with E-state index in [4.69, 9.17) is 5.73 Å². The van der Waals surface area contributed by atoms with Gasteiger partial charge in [0, 0.05) is 12.5 Å². The molecule has 2 rings (SSSR count). The molecule has 0 radical (unpaired) electrons. The van der Waals surface area contributed by atoms with Gasteiger partial charge < -0.3 is 5.73 Å². The molecule has 1 aromatic carbocycles. The highest BCUT2D eigenvalue weighted by Gasteiger charge is 2.12. The van der Waals surface area contributed by atoms with E-state index in [9.17, 15) is 13.2 Å². The molecule has 2 N–H and O–H groups in total. The predicted octanol–water partition coefficient (Wildman–Crippen LogP) is 2.13. The van der Waals surface area contributed by atoms with E-state index < -0.39 is 17.5 Å². The molecule has 84 valence electrons. The molecular formula is C9H6F3N3S. The maximum Gasteiger partial charge on any atom is 0.203 e. The first-order chi connectivity index (χ1) is 7.56. The Morgan fingerprint density at radius 1 is 1.06 bits per heavy atom. The second-order valence-electron chi connectivity index (χ2n) is 3.07. The van der Waals surface area contributed by atoms with E-state index >= 15 is 0 Å². The van der Waals surface area contributed by atoms with E-state index in [1.807, 2.05) is 0 Å². The van der Waals surface area contributed by atoms with Crippen LogP contribution in [0.4, 0.5) is 18.3 Å². The molecule has 0 aliphatic carbocycles. The Morgan fingerprint density at radius 3 is 2.38 bits per heavy atom. The number of halogens is 3. The fourth-order valence-electron chi connectivity index (χ4n) is 1.20. The number of aromatic nitrogens is 2. The van der Waals surface area contributed by atoms with Crippen molar-refractivity contribution in [1.29, 1.82) is 0 Å². The van der Waals surface area contributed by atoms with Crippen molar-refractivity contribution in [3.05, 3.63) is 40.2 Å². The molecule has 0 aliphatic rings. The summed E-state index contributed by atoms with van der Waals surface area (Å²) in [5.74, 6) is -3.11. The van der Waals surface area contributed by atoms with Crippen LogP contribution in [0, 0.1) is 17.5 Å². The van der Waals surface area contributed by atoms with Crippen LogP contribution in [-0.2, 0) is 6.42 Å². The Balaban J connectivity index is 2.31. The molecular weight excluding hydrogens is 239 g/mol. The number of nitrogens with zero attached hydrogens (tertiary/aromatic N) is 2. The van der Waals surface area contributed by atoms with E-state index in [0.29, 0.717) is 11.1 Å². The molecule has 0 fully saturated rings. The molecule has 0 bridgehead atoms. The van der Waals surface area contributed by atoms with Crippen LogP contribution in [-0.4, -0.2) is 10.2 Å². The minimum atomic E-state index is -1.21. The molecule has 3 nitrogen and oxygen atoms in total. The summed E-state index contributed by atoms with van der Waals surface area (Å²) in [6, 6.07) is 1.32. The Kier molecular flexibility index (Phi) is 2.78. The Labute approximate surface area is 92.7 Å². The molecule has 0 atom stereocenters. The predicted molar refractivity (Wildman–Crippen MR) is 53.4 cm³/mol. The third kappa shape index (κ3) is 2.13. The summed E-state index contributed by atoms with van der Waals surface area (Å²) in [6.07, 6.45) is 0.0396. The summed E-state index contributed by atoms with van der Waals surface area (Å²) < 4.78 is 38.8. The van der Waals surface area contributed by atoms with Crippen molar-refractivity contribution in [3.8, 4) is 0 Å². The van der Waals surface area contributed by atoms with Gasteiger partial charge in [0.25, 0.3) is 0 Å². The molecule has 1 heterocycles. The minimum absolute atomic E-state index is 0.0232. The SMILES string of the molecule is Nc1nnc(Cc2cc(F)c(F)cc2F)s1. The van der Waals surface area contributed by atoms with Crippen LogP contribution in [0.1, 0.15) is 10.6 Å². The highest BCUT2D eigenvalue weighted by Crippen LogP contribution is 2.20. The first kappa shape index (κ1) is 10.9. The third-order valence-electron chi connectivity index (χ3n) is 1.91. The summed E-state index contributed by atoms with van der Waals surface area (Å²) in [7, 11) is 0. The first-order valence-corrected chi connectivity index (χ1v) is 5.09. The quantitative estimate of drug-likeness (QED) is 0.824. The van der Waals surface area contributed by atoms with Gasteiger partial charge in [-0.15, -0.1) is 10.2 Å². The average molecular weight is 245 g/mol. The maximum atomic E-state index is 13.2. The Hall–Kier alpha value is -1.63. The van der Waals surface area contributed by atoms with E-state index in [0.717, 1.165) is 17.4 Å². The number of benzene rings is 1. The van der Waals surface area contributed by atoms with Gasteiger partial charge in [-0.3, -0.25) is 0 Å². The van der Waals surface area contributed by atoms with Gasteiger partial charge in [0.15, 0.2) is 11.6 Å². The topological polar surface area (TPSA) is 51.8 Å². The lowest BCUT2D eigenvalue weighted by Gasteiger charge is -2.01. The number of nitrogens with two attached hydrogens (primary N) is 1. The zero-order chi connectivity index (χ0) is 11.7. The van der Waals surface area contributed by atoms with E-state index in [1.54, 1.807) is 0 Å². The van der Waals surface area contributed by atoms with Gasteiger partial charge in [0.2, 0.25) is 5.13 Å². The fourth-order valence-corrected chi connectivity index (χ4v) is 1.83. The van der Waals surface area contributed by atoms with Crippen LogP contribution in [0.2, 0.25) is 0 Å². The zero-order valence-corrected chi connectivity index (χ0v) is 8.69. The van der Waals surface area contributed by atoms with Crippen LogP contribution in [0.3, 0.4) is 0 Å². The highest BCUT2D eigenvalue weighted by molar-refractivity contribution is 7.15. The van der Waals surface area contributed by atoms with Gasteiger partial charge in [-0.1, -0.05) is 11.3 Å². The third-order valence-corrected chi connectivity index (χ3v) is 2.67. The number of rotatable bonds is 2. The molecule has 0 aliphatic heterocycles. The van der Waals surface area contributed by atoms with Gasteiger partial charge >= 0.3 is 0 Å². The van der Waals surface area contributed by atoms with Crippen LogP contribution in [0.5, 0.6) is 0 Å². The number of nitrogen functional groups attached to an aromatic ring is 1. The zero-order valence-electron chi connectivity index (χ0n) is 7.88. The fraction of sp³-hybridized carbons (Fsp3) is 0.111. The lowest BCUT2D eigenvalue weighted by Crippen LogP contribution is -1.96. The Morgan fingerprint density at radius 2 is 1.75 bits per heavy atom. The van der Waals surface area contributed by atoms with Crippen molar-refractivity contribution in [1.82, 2.24) is 10.2 Å². The van der Waals surface area contributed by atoms with Crippen molar-refractivity contribution >= 4 is 16.5 Å². The second kappa shape index (κ2) is 4.09. The molecule has 7 heteroatoms. The molecule has 16 heavy (non-hydrogen) atoms. The molecule has 0 unspecified atom stereocenters. The molecule has 0 amide bonds. The van der Waals surface area contributed by atoms with Gasteiger partial charge in [-0.05, 0) is 11.6 Å². The van der Waals surface area contributed by atoms with Crippen LogP contribution >= 0.6 is 11.3 Å². The standard InChI is InChI=1S/C9H6F3N3S/c10-5-3-7(12)6(11)1-4(5)2-8-14-15-9(13)16-8/h1,3H,2H2,(H2,13,15). The summed E-state index contributed by atoms with van der Waals surface area (Å²) in [5, 5.41) is 7.90. The summed E-state index contributed by atoms with van der Waals surface area (Å²) >= 11 is 1.07. The lowest BCUT2D eigenvalue weighted by molar-refractivity contribution is 0.491. The van der Waals surface area contributed by atoms with Crippen molar-refractivity contribution in [2.75, 3.05) is 5.73 Å². The van der Waals surface area contributed by atoms with Crippen molar-refractivity contribution in [3.63, 3.8) is 0 Å². The van der Waals surface area contributed by atoms with Gasteiger partial charge in [0.1, 0.15) is 10.8 Å². The van der Waals surface area contributed by atoms with Crippen molar-refractivity contribution in [2.45, 2.75) is 6.42 Å². The smallest absolute Gasteiger partial charge is 0.203 e. The maximum absolute atomic E-state index is 13.2. The normalized spacial score (nSPS) is 10.7. The monoisotopic (exact) mass is 245 g/mol. The molecule has 1 aromatic heterocycles. The summed E-state index contributed by atoms with van der Waals surface area (Å²) in [5.41, 5.74) is 5.36. The van der Waals surface area contributed by atoms with Crippen LogP contribution in [0.15, 0.2) is 12.1 Å². The van der Waals surface area contributed by atoms with Gasteiger partial charge in [0.05, 0.1) is 0 Å². The summed E-state index contributed by atoms with van der Waals surface area (Å²) in [6.45, 7) is 0. The largest absolute Gasteiger partial charge is 0.374 e. The van der Waals surface area contributed by atoms with E-state index in [-0.39, 0.29) is 17.1 Å². The van der Waals surface area contributed by atoms with Gasteiger partial charge in [-0.2, -0.15) is 0 Å². The minimum Gasteiger partial charge on any atom is -0.374 e. The number of anilines is 1. The average Bonchev–Trinajstić information content (AvgIpc) is 2.60. The highest BCUT2D eigenvalue weighted by atomic mass is 32.1. The Bertz CT molecular complexity index is 527. The lowest BCUT2D eigenvalue weighted by atomic mass is 10.1. The van der Waals surface area contributed by atoms with Crippen molar-refractivity contribution < 1.29 is 13.2 Å². The second-order valence-corrected chi connectivity index (χ2v) is 4.16. The molecule has 0 spiro atoms. The van der Waals surface area contributed by atoms with Crippen molar-refractivity contribution in [2.24, 2.45) is 0 Å². The van der Waals surface area contributed by atoms with E-state index in [1.165, 1.54) is 0 Å².